The number of rotatable bonds is 10. The van der Waals surface area contributed by atoms with Crippen LogP contribution in [0.2, 0.25) is 0 Å². The third-order valence-electron chi connectivity index (χ3n) is 5.76. The number of nitrogens with zero attached hydrogens (tertiary/aromatic N) is 2. The van der Waals surface area contributed by atoms with Crippen LogP contribution in [-0.2, 0) is 27.5 Å². The molecule has 192 valence electrons. The predicted octanol–water partition coefficient (Wildman–Crippen LogP) is 4.11. The molecule has 1 unspecified atom stereocenters. The second-order valence-corrected chi connectivity index (χ2v) is 10.4. The zero-order chi connectivity index (χ0) is 26.8. The number of aliphatic imine (C=N–C) groups is 1. The summed E-state index contributed by atoms with van der Waals surface area (Å²) < 4.78 is 39.4. The summed E-state index contributed by atoms with van der Waals surface area (Å²) in [6.45, 7) is 0. The minimum Gasteiger partial charge on any atom is -0.481 e. The second kappa shape index (κ2) is 12.6. The van der Waals surface area contributed by atoms with E-state index in [0.29, 0.717) is 24.4 Å². The fourth-order valence-electron chi connectivity index (χ4n) is 3.87. The van der Waals surface area contributed by atoms with Crippen molar-refractivity contribution >= 4 is 27.5 Å². The Morgan fingerprint density at radius 1 is 1.05 bits per heavy atom. The number of sulfone groups is 1. The van der Waals surface area contributed by atoms with Gasteiger partial charge in [-0.05, 0) is 65.9 Å². The smallest absolute Gasteiger partial charge is 0.303 e. The molecule has 37 heavy (non-hydrogen) atoms. The Labute approximate surface area is 215 Å². The number of guanidine groups is 1. The van der Waals surface area contributed by atoms with Crippen molar-refractivity contribution in [2.45, 2.75) is 30.1 Å². The highest BCUT2D eigenvalue weighted by Crippen LogP contribution is 2.26. The van der Waals surface area contributed by atoms with Gasteiger partial charge in [-0.2, -0.15) is 5.26 Å². The number of halogens is 1. The fraction of sp³-hybridized carbons (Fsp3) is 0.222. The van der Waals surface area contributed by atoms with Crippen molar-refractivity contribution in [3.8, 4) is 6.19 Å². The van der Waals surface area contributed by atoms with Crippen molar-refractivity contribution in [1.82, 2.24) is 5.32 Å². The van der Waals surface area contributed by atoms with Crippen molar-refractivity contribution in [2.75, 3.05) is 18.1 Å². The molecule has 0 heterocycles. The number of benzene rings is 3. The first-order chi connectivity index (χ1) is 17.7. The summed E-state index contributed by atoms with van der Waals surface area (Å²) in [6, 6.07) is 19.4. The van der Waals surface area contributed by atoms with Gasteiger partial charge in [0.05, 0.1) is 17.1 Å². The van der Waals surface area contributed by atoms with Crippen LogP contribution in [-0.4, -0.2) is 38.3 Å². The van der Waals surface area contributed by atoms with Crippen LogP contribution in [0.4, 0.5) is 10.1 Å². The second-order valence-electron chi connectivity index (χ2n) is 8.41. The largest absolute Gasteiger partial charge is 0.481 e. The van der Waals surface area contributed by atoms with Crippen LogP contribution in [0.1, 0.15) is 29.0 Å². The van der Waals surface area contributed by atoms with E-state index < -0.39 is 33.3 Å². The van der Waals surface area contributed by atoms with Crippen LogP contribution in [0.3, 0.4) is 0 Å². The van der Waals surface area contributed by atoms with Gasteiger partial charge in [0.25, 0.3) is 0 Å². The molecule has 0 fully saturated rings. The topological polar surface area (TPSA) is 132 Å². The summed E-state index contributed by atoms with van der Waals surface area (Å²) in [6.07, 6.45) is 2.82. The Morgan fingerprint density at radius 3 is 2.35 bits per heavy atom. The van der Waals surface area contributed by atoms with E-state index in [1.807, 2.05) is 30.5 Å². The summed E-state index contributed by atoms with van der Waals surface area (Å²) >= 11 is 0. The highest BCUT2D eigenvalue weighted by atomic mass is 32.2. The maximum atomic E-state index is 13.3. The zero-order valence-corrected chi connectivity index (χ0v) is 21.0. The van der Waals surface area contributed by atoms with E-state index in [1.165, 1.54) is 36.4 Å². The van der Waals surface area contributed by atoms with Crippen LogP contribution in [0, 0.1) is 17.3 Å². The molecular weight excluding hydrogens is 495 g/mol. The lowest BCUT2D eigenvalue weighted by Gasteiger charge is -2.16. The van der Waals surface area contributed by atoms with Gasteiger partial charge in [-0.3, -0.25) is 15.1 Å². The number of hydrogen-bond acceptors (Lipinski definition) is 5. The molecule has 0 aliphatic carbocycles. The number of aliphatic carboxylic acids is 1. The van der Waals surface area contributed by atoms with Crippen molar-refractivity contribution in [3.05, 3.63) is 95.3 Å². The molecular formula is C27H27FN4O4S. The molecule has 0 aliphatic rings. The molecule has 10 heteroatoms. The van der Waals surface area contributed by atoms with Gasteiger partial charge in [0, 0.05) is 18.7 Å². The molecule has 0 bridgehead atoms. The minimum absolute atomic E-state index is 0.108. The van der Waals surface area contributed by atoms with Crippen LogP contribution in [0.25, 0.3) is 0 Å². The average Bonchev–Trinajstić information content (AvgIpc) is 2.87. The Balaban J connectivity index is 1.67. The number of carbonyl (C=O) groups is 1. The summed E-state index contributed by atoms with van der Waals surface area (Å²) in [5, 5.41) is 23.5. The van der Waals surface area contributed by atoms with E-state index in [9.17, 15) is 22.7 Å². The number of hydrogen-bond donors (Lipinski definition) is 3. The van der Waals surface area contributed by atoms with Gasteiger partial charge in [-0.15, -0.1) is 0 Å². The molecule has 0 radical (unpaired) electrons. The van der Waals surface area contributed by atoms with Crippen molar-refractivity contribution in [2.24, 2.45) is 4.99 Å². The van der Waals surface area contributed by atoms with E-state index in [1.54, 1.807) is 19.2 Å². The van der Waals surface area contributed by atoms with Gasteiger partial charge in [0.15, 0.2) is 16.0 Å². The van der Waals surface area contributed by atoms with E-state index >= 15 is 0 Å². The average molecular weight is 523 g/mol. The SMILES string of the molecule is CN=C(NC#N)Nc1cccc(CCc2ccc(S(=O)(=O)CC(CC(=O)O)c3ccc(F)cc3)cc2)c1. The quantitative estimate of drug-likeness (QED) is 0.158. The third-order valence-corrected chi connectivity index (χ3v) is 7.59. The maximum absolute atomic E-state index is 13.3. The first kappa shape index (κ1) is 27.4. The fourth-order valence-corrected chi connectivity index (χ4v) is 5.45. The maximum Gasteiger partial charge on any atom is 0.303 e. The first-order valence-corrected chi connectivity index (χ1v) is 13.1. The number of nitrogens with one attached hydrogen (secondary N) is 2. The van der Waals surface area contributed by atoms with Gasteiger partial charge in [0.1, 0.15) is 5.82 Å². The van der Waals surface area contributed by atoms with Crippen molar-refractivity contribution in [1.29, 1.82) is 5.26 Å². The Bertz CT molecular complexity index is 1400. The molecule has 3 rings (SSSR count). The van der Waals surface area contributed by atoms with Gasteiger partial charge in [-0.25, -0.2) is 12.8 Å². The number of carboxylic acids is 1. The Kier molecular flexibility index (Phi) is 9.35. The summed E-state index contributed by atoms with van der Waals surface area (Å²) in [4.78, 5) is 15.4. The third kappa shape index (κ3) is 8.15. The van der Waals surface area contributed by atoms with Crippen LogP contribution in [0.5, 0.6) is 0 Å². The highest BCUT2D eigenvalue weighted by molar-refractivity contribution is 7.91. The minimum atomic E-state index is -3.78. The van der Waals surface area contributed by atoms with Crippen molar-refractivity contribution < 1.29 is 22.7 Å². The van der Waals surface area contributed by atoms with Gasteiger partial charge in [-0.1, -0.05) is 36.4 Å². The van der Waals surface area contributed by atoms with Gasteiger partial charge in [0.2, 0.25) is 5.96 Å². The van der Waals surface area contributed by atoms with Gasteiger partial charge >= 0.3 is 5.97 Å². The normalized spacial score (nSPS) is 12.4. The van der Waals surface area contributed by atoms with E-state index in [-0.39, 0.29) is 11.3 Å². The molecule has 0 aromatic heterocycles. The number of carboxylic acid groups (broad SMARTS) is 1. The standard InChI is InChI=1S/C27H27FN4O4S/c1-30-27(31-18-29)32-24-4-2-3-20(15-24)6-5-19-7-13-25(14-8-19)37(35,36)17-22(16-26(33)34)21-9-11-23(28)12-10-21/h2-4,7-15,22H,5-6,16-17H2,1H3,(H,33,34)(H2,30,31,32). The number of nitriles is 1. The Hall–Kier alpha value is -4.23. The molecule has 3 aromatic rings. The van der Waals surface area contributed by atoms with Gasteiger partial charge < -0.3 is 10.4 Å². The molecule has 3 N–H and O–H groups in total. The van der Waals surface area contributed by atoms with E-state index in [0.717, 1.165) is 16.8 Å². The number of anilines is 1. The molecule has 0 spiro atoms. The monoisotopic (exact) mass is 522 g/mol. The molecule has 0 aliphatic heterocycles. The van der Waals surface area contributed by atoms with Crippen molar-refractivity contribution in [3.63, 3.8) is 0 Å². The molecule has 3 aromatic carbocycles. The first-order valence-electron chi connectivity index (χ1n) is 11.5. The van der Waals surface area contributed by atoms with E-state index in [2.05, 4.69) is 15.6 Å². The molecule has 8 nitrogen and oxygen atoms in total. The zero-order valence-electron chi connectivity index (χ0n) is 20.2. The van der Waals surface area contributed by atoms with Crippen LogP contribution < -0.4 is 10.6 Å². The number of aryl methyl sites for hydroxylation is 2. The summed E-state index contributed by atoms with van der Waals surface area (Å²) in [5.74, 6) is -2.46. The Morgan fingerprint density at radius 2 is 1.73 bits per heavy atom. The molecule has 0 saturated carbocycles. The lowest BCUT2D eigenvalue weighted by Crippen LogP contribution is -2.26. The molecule has 1 atom stereocenters. The van der Waals surface area contributed by atoms with Crippen LogP contribution >= 0.6 is 0 Å². The molecule has 0 amide bonds. The predicted molar refractivity (Wildman–Crippen MR) is 139 cm³/mol. The molecule has 0 saturated heterocycles. The summed E-state index contributed by atoms with van der Waals surface area (Å²) in [7, 11) is -2.21. The highest BCUT2D eigenvalue weighted by Gasteiger charge is 2.25. The van der Waals surface area contributed by atoms with Crippen LogP contribution in [0.15, 0.2) is 82.7 Å². The lowest BCUT2D eigenvalue weighted by atomic mass is 9.98. The van der Waals surface area contributed by atoms with E-state index in [4.69, 9.17) is 5.26 Å². The summed E-state index contributed by atoms with van der Waals surface area (Å²) in [5.41, 5.74) is 3.23. The lowest BCUT2D eigenvalue weighted by molar-refractivity contribution is -0.137.